The number of hydrogen-bond acceptors (Lipinski definition) is 3. The number of aryl methyl sites for hydroxylation is 2. The quantitative estimate of drug-likeness (QED) is 0.780. The minimum Gasteiger partial charge on any atom is -0.241 e. The van der Waals surface area contributed by atoms with Gasteiger partial charge in [-0.15, -0.1) is 11.3 Å². The molecule has 15 heavy (non-hydrogen) atoms. The summed E-state index contributed by atoms with van der Waals surface area (Å²) in [5.74, 6) is 0.773. The van der Waals surface area contributed by atoms with Gasteiger partial charge in [-0.05, 0) is 13.8 Å². The van der Waals surface area contributed by atoms with Gasteiger partial charge in [-0.2, -0.15) is 12.6 Å². The fourth-order valence-electron chi connectivity index (χ4n) is 1.39. The van der Waals surface area contributed by atoms with Gasteiger partial charge in [0.25, 0.3) is 0 Å². The van der Waals surface area contributed by atoms with Crippen molar-refractivity contribution in [1.82, 2.24) is 4.98 Å². The fourth-order valence-corrected chi connectivity index (χ4v) is 2.74. The summed E-state index contributed by atoms with van der Waals surface area (Å²) in [4.78, 5) is 5.81. The van der Waals surface area contributed by atoms with E-state index in [9.17, 15) is 0 Å². The van der Waals surface area contributed by atoms with Crippen molar-refractivity contribution in [3.8, 4) is 10.6 Å². The highest BCUT2D eigenvalue weighted by Gasteiger charge is 2.07. The summed E-state index contributed by atoms with van der Waals surface area (Å²) >= 11 is 6.02. The SMILES string of the molecule is Cc1ccc(-c2nc(C)c(CS)s2)cc1. The zero-order chi connectivity index (χ0) is 10.8. The summed E-state index contributed by atoms with van der Waals surface area (Å²) in [5.41, 5.74) is 3.58. The van der Waals surface area contributed by atoms with Crippen LogP contribution >= 0.6 is 24.0 Å². The summed E-state index contributed by atoms with van der Waals surface area (Å²) in [6.07, 6.45) is 0. The average molecular weight is 235 g/mol. The minimum atomic E-state index is 0.773. The summed E-state index contributed by atoms with van der Waals surface area (Å²) in [5, 5.41) is 1.09. The van der Waals surface area contributed by atoms with Gasteiger partial charge in [0.15, 0.2) is 0 Å². The van der Waals surface area contributed by atoms with Crippen molar-refractivity contribution in [2.45, 2.75) is 19.6 Å². The third-order valence-electron chi connectivity index (χ3n) is 2.33. The van der Waals surface area contributed by atoms with Gasteiger partial charge in [-0.25, -0.2) is 4.98 Å². The zero-order valence-electron chi connectivity index (χ0n) is 8.82. The zero-order valence-corrected chi connectivity index (χ0v) is 10.5. The normalized spacial score (nSPS) is 10.6. The molecule has 1 nitrogen and oxygen atoms in total. The van der Waals surface area contributed by atoms with Crippen molar-refractivity contribution >= 4 is 24.0 Å². The number of hydrogen-bond donors (Lipinski definition) is 1. The maximum atomic E-state index is 4.55. The van der Waals surface area contributed by atoms with Crippen molar-refractivity contribution in [3.05, 3.63) is 40.4 Å². The monoisotopic (exact) mass is 235 g/mol. The summed E-state index contributed by atoms with van der Waals surface area (Å²) in [7, 11) is 0. The van der Waals surface area contributed by atoms with Crippen LogP contribution < -0.4 is 0 Å². The molecular formula is C12H13NS2. The molecule has 2 aromatic rings. The average Bonchev–Trinajstić information content (AvgIpc) is 2.61. The van der Waals surface area contributed by atoms with Crippen molar-refractivity contribution in [2.24, 2.45) is 0 Å². The van der Waals surface area contributed by atoms with Crippen LogP contribution in [-0.2, 0) is 5.75 Å². The molecule has 0 N–H and O–H groups in total. The Hall–Kier alpha value is -0.800. The molecule has 1 heterocycles. The van der Waals surface area contributed by atoms with Gasteiger partial charge in [0.05, 0.1) is 5.69 Å². The summed E-state index contributed by atoms with van der Waals surface area (Å²) in [6, 6.07) is 8.48. The highest BCUT2D eigenvalue weighted by molar-refractivity contribution is 7.79. The molecule has 0 bridgehead atoms. The molecule has 1 aromatic carbocycles. The maximum absolute atomic E-state index is 4.55. The molecule has 0 amide bonds. The number of thiazole rings is 1. The number of benzene rings is 1. The first-order chi connectivity index (χ1) is 7.20. The molecule has 0 aliphatic heterocycles. The van der Waals surface area contributed by atoms with Gasteiger partial charge in [0, 0.05) is 16.2 Å². The Morgan fingerprint density at radius 3 is 2.40 bits per heavy atom. The lowest BCUT2D eigenvalue weighted by Gasteiger charge is -1.96. The van der Waals surface area contributed by atoms with Crippen molar-refractivity contribution < 1.29 is 0 Å². The third kappa shape index (κ3) is 2.24. The van der Waals surface area contributed by atoms with E-state index >= 15 is 0 Å². The van der Waals surface area contributed by atoms with E-state index in [1.165, 1.54) is 16.0 Å². The van der Waals surface area contributed by atoms with Crippen molar-refractivity contribution in [1.29, 1.82) is 0 Å². The van der Waals surface area contributed by atoms with Crippen molar-refractivity contribution in [2.75, 3.05) is 0 Å². The van der Waals surface area contributed by atoms with Crippen LogP contribution in [0.1, 0.15) is 16.1 Å². The van der Waals surface area contributed by atoms with Gasteiger partial charge < -0.3 is 0 Å². The molecule has 0 aliphatic rings. The van der Waals surface area contributed by atoms with Crippen LogP contribution in [-0.4, -0.2) is 4.98 Å². The van der Waals surface area contributed by atoms with Crippen LogP contribution in [0.3, 0.4) is 0 Å². The lowest BCUT2D eigenvalue weighted by molar-refractivity contribution is 1.22. The Kier molecular flexibility index (Phi) is 3.12. The fraction of sp³-hybridized carbons (Fsp3) is 0.250. The molecule has 3 heteroatoms. The van der Waals surface area contributed by atoms with Gasteiger partial charge in [0.1, 0.15) is 5.01 Å². The lowest BCUT2D eigenvalue weighted by atomic mass is 10.2. The molecule has 78 valence electrons. The maximum Gasteiger partial charge on any atom is 0.123 e. The van der Waals surface area contributed by atoms with E-state index in [1.807, 2.05) is 6.92 Å². The van der Waals surface area contributed by atoms with E-state index in [2.05, 4.69) is 48.8 Å². The Balaban J connectivity index is 2.41. The van der Waals surface area contributed by atoms with E-state index in [4.69, 9.17) is 0 Å². The highest BCUT2D eigenvalue weighted by Crippen LogP contribution is 2.28. The first-order valence-electron chi connectivity index (χ1n) is 4.85. The second kappa shape index (κ2) is 4.37. The van der Waals surface area contributed by atoms with Gasteiger partial charge in [0.2, 0.25) is 0 Å². The Bertz CT molecular complexity index is 457. The van der Waals surface area contributed by atoms with E-state index < -0.39 is 0 Å². The second-order valence-electron chi connectivity index (χ2n) is 3.55. The Labute approximate surface area is 99.6 Å². The van der Waals surface area contributed by atoms with Gasteiger partial charge >= 0.3 is 0 Å². The number of aromatic nitrogens is 1. The molecule has 0 saturated carbocycles. The van der Waals surface area contributed by atoms with Crippen LogP contribution in [0.5, 0.6) is 0 Å². The highest BCUT2D eigenvalue weighted by atomic mass is 32.1. The largest absolute Gasteiger partial charge is 0.241 e. The van der Waals surface area contributed by atoms with Gasteiger partial charge in [-0.1, -0.05) is 29.8 Å². The topological polar surface area (TPSA) is 12.9 Å². The first kappa shape index (κ1) is 10.7. The number of nitrogens with zero attached hydrogens (tertiary/aromatic N) is 1. The third-order valence-corrected chi connectivity index (χ3v) is 4.07. The molecule has 2 rings (SSSR count). The number of thiol groups is 1. The molecule has 0 atom stereocenters. The number of rotatable bonds is 2. The van der Waals surface area contributed by atoms with E-state index in [-0.39, 0.29) is 0 Å². The molecule has 0 radical (unpaired) electrons. The minimum absolute atomic E-state index is 0.773. The molecule has 0 spiro atoms. The van der Waals surface area contributed by atoms with Crippen molar-refractivity contribution in [3.63, 3.8) is 0 Å². The van der Waals surface area contributed by atoms with Crippen LogP contribution in [0.2, 0.25) is 0 Å². The Morgan fingerprint density at radius 1 is 1.20 bits per heavy atom. The van der Waals surface area contributed by atoms with Gasteiger partial charge in [-0.3, -0.25) is 0 Å². The molecule has 0 fully saturated rings. The standard InChI is InChI=1S/C12H13NS2/c1-8-3-5-10(6-4-8)12-13-9(2)11(7-14)15-12/h3-6,14H,7H2,1-2H3. The summed E-state index contributed by atoms with van der Waals surface area (Å²) < 4.78 is 0. The second-order valence-corrected chi connectivity index (χ2v) is 4.95. The van der Waals surface area contributed by atoms with E-state index in [0.717, 1.165) is 16.5 Å². The predicted octanol–water partition coefficient (Wildman–Crippen LogP) is 3.86. The van der Waals surface area contributed by atoms with Crippen LogP contribution in [0, 0.1) is 13.8 Å². The lowest BCUT2D eigenvalue weighted by Crippen LogP contribution is -1.78. The van der Waals surface area contributed by atoms with Crippen LogP contribution in [0.4, 0.5) is 0 Å². The summed E-state index contributed by atoms with van der Waals surface area (Å²) in [6.45, 7) is 4.13. The van der Waals surface area contributed by atoms with Crippen LogP contribution in [0.15, 0.2) is 24.3 Å². The Morgan fingerprint density at radius 2 is 1.87 bits per heavy atom. The molecule has 0 aliphatic carbocycles. The molecule has 1 aromatic heterocycles. The van der Waals surface area contributed by atoms with E-state index in [0.29, 0.717) is 0 Å². The first-order valence-corrected chi connectivity index (χ1v) is 6.30. The predicted molar refractivity (Wildman–Crippen MR) is 69.7 cm³/mol. The van der Waals surface area contributed by atoms with E-state index in [1.54, 1.807) is 11.3 Å². The van der Waals surface area contributed by atoms with Crippen LogP contribution in [0.25, 0.3) is 10.6 Å². The molecule has 0 saturated heterocycles. The molecule has 0 unspecified atom stereocenters. The molecular weight excluding hydrogens is 222 g/mol. The smallest absolute Gasteiger partial charge is 0.123 e.